The van der Waals surface area contributed by atoms with Gasteiger partial charge in [-0.15, -0.1) is 0 Å². The van der Waals surface area contributed by atoms with Crippen molar-refractivity contribution in [3.05, 3.63) is 23.5 Å². The van der Waals surface area contributed by atoms with Gasteiger partial charge in [0.05, 0.1) is 12.8 Å². The maximum absolute atomic E-state index is 12.3. The molecule has 25 heavy (non-hydrogen) atoms. The van der Waals surface area contributed by atoms with Gasteiger partial charge in [-0.05, 0) is 63.5 Å². The van der Waals surface area contributed by atoms with Crippen LogP contribution in [0.4, 0.5) is 0 Å². The first-order valence-corrected chi connectivity index (χ1v) is 9.96. The molecule has 138 valence electrons. The number of rotatable bonds is 5. The molecule has 1 heterocycles. The minimum absolute atomic E-state index is 0.275. The Morgan fingerprint density at radius 2 is 1.84 bits per heavy atom. The molecule has 0 radical (unpaired) electrons. The smallest absolute Gasteiger partial charge is 0.223 e. The van der Waals surface area contributed by atoms with Crippen LogP contribution in [0, 0.1) is 18.8 Å². The molecule has 2 aliphatic rings. The van der Waals surface area contributed by atoms with Gasteiger partial charge in [0.2, 0.25) is 5.91 Å². The summed E-state index contributed by atoms with van der Waals surface area (Å²) in [6, 6.07) is 4.15. The highest BCUT2D eigenvalue weighted by molar-refractivity contribution is 5.78. The van der Waals surface area contributed by atoms with E-state index in [0.29, 0.717) is 17.7 Å². The lowest BCUT2D eigenvalue weighted by molar-refractivity contribution is -0.126. The maximum Gasteiger partial charge on any atom is 0.223 e. The summed E-state index contributed by atoms with van der Waals surface area (Å²) in [5, 5.41) is 3.23. The molecule has 0 spiro atoms. The van der Waals surface area contributed by atoms with Crippen molar-refractivity contribution in [1.82, 2.24) is 10.3 Å². The summed E-state index contributed by atoms with van der Waals surface area (Å²) < 4.78 is 5.31. The van der Waals surface area contributed by atoms with Crippen LogP contribution in [0.25, 0.3) is 0 Å². The Hall–Kier alpha value is -1.58. The van der Waals surface area contributed by atoms with Crippen LogP contribution in [0.2, 0.25) is 0 Å². The lowest BCUT2D eigenvalue weighted by Crippen LogP contribution is -2.36. The average molecular weight is 344 g/mol. The maximum atomic E-state index is 12.3. The summed E-state index contributed by atoms with van der Waals surface area (Å²) in [5.74, 6) is 2.62. The van der Waals surface area contributed by atoms with E-state index < -0.39 is 0 Å². The van der Waals surface area contributed by atoms with Crippen LogP contribution in [0.15, 0.2) is 12.1 Å². The van der Waals surface area contributed by atoms with Crippen LogP contribution < -0.4 is 10.1 Å². The van der Waals surface area contributed by atoms with E-state index in [9.17, 15) is 4.79 Å². The number of carbonyl (C=O) groups excluding carboxylic acids is 1. The fourth-order valence-electron chi connectivity index (χ4n) is 4.43. The second-order valence-electron chi connectivity index (χ2n) is 7.82. The zero-order chi connectivity index (χ0) is 17.6. The first kappa shape index (κ1) is 18.2. The number of aryl methyl sites for hydroxylation is 1. The summed E-state index contributed by atoms with van der Waals surface area (Å²) in [5.41, 5.74) is 2.17. The SMILES string of the molecule is COc1ccc(C2CCC(CNC(=O)C3CCCCC3)CC2)nc1C. The number of nitrogens with one attached hydrogen (secondary N) is 1. The molecule has 0 aliphatic heterocycles. The molecule has 2 saturated carbocycles. The number of pyridine rings is 1. The van der Waals surface area contributed by atoms with Crippen LogP contribution in [0.5, 0.6) is 5.75 Å². The Morgan fingerprint density at radius 1 is 1.12 bits per heavy atom. The molecule has 3 rings (SSSR count). The first-order valence-electron chi connectivity index (χ1n) is 9.96. The van der Waals surface area contributed by atoms with Gasteiger partial charge in [-0.3, -0.25) is 9.78 Å². The first-order chi connectivity index (χ1) is 12.2. The topological polar surface area (TPSA) is 51.2 Å². The minimum Gasteiger partial charge on any atom is -0.495 e. The van der Waals surface area contributed by atoms with E-state index in [2.05, 4.69) is 11.4 Å². The fraction of sp³-hybridized carbons (Fsp3) is 0.714. The quantitative estimate of drug-likeness (QED) is 0.863. The van der Waals surface area contributed by atoms with Crippen LogP contribution in [-0.4, -0.2) is 24.5 Å². The number of carbonyl (C=O) groups is 1. The van der Waals surface area contributed by atoms with Crippen molar-refractivity contribution in [2.45, 2.75) is 70.6 Å². The van der Waals surface area contributed by atoms with E-state index >= 15 is 0 Å². The molecule has 1 aromatic rings. The lowest BCUT2D eigenvalue weighted by Gasteiger charge is -2.29. The number of methoxy groups -OCH3 is 1. The van der Waals surface area contributed by atoms with Crippen molar-refractivity contribution >= 4 is 5.91 Å². The zero-order valence-corrected chi connectivity index (χ0v) is 15.7. The summed E-state index contributed by atoms with van der Waals surface area (Å²) in [6.45, 7) is 2.87. The molecule has 0 saturated heterocycles. The molecule has 0 bridgehead atoms. The Kier molecular flexibility index (Phi) is 6.33. The molecule has 4 heteroatoms. The Balaban J connectivity index is 1.44. The standard InChI is InChI=1S/C21H32N2O2/c1-15-20(25-2)13-12-19(23-15)17-10-8-16(9-11-17)14-22-21(24)18-6-4-3-5-7-18/h12-13,16-18H,3-11,14H2,1-2H3,(H,22,24). The second kappa shape index (κ2) is 8.68. The molecule has 1 N–H and O–H groups in total. The molecule has 2 fully saturated rings. The Bertz CT molecular complexity index is 573. The van der Waals surface area contributed by atoms with Crippen molar-refractivity contribution < 1.29 is 9.53 Å². The molecule has 2 aliphatic carbocycles. The monoisotopic (exact) mass is 344 g/mol. The zero-order valence-electron chi connectivity index (χ0n) is 15.7. The van der Waals surface area contributed by atoms with E-state index in [1.54, 1.807) is 7.11 Å². The normalized spacial score (nSPS) is 24.7. The van der Waals surface area contributed by atoms with E-state index in [0.717, 1.165) is 30.8 Å². The third kappa shape index (κ3) is 4.74. The highest BCUT2D eigenvalue weighted by atomic mass is 16.5. The number of hydrogen-bond acceptors (Lipinski definition) is 3. The van der Waals surface area contributed by atoms with Gasteiger partial charge in [0.25, 0.3) is 0 Å². The lowest BCUT2D eigenvalue weighted by atomic mass is 9.80. The van der Waals surface area contributed by atoms with E-state index in [1.807, 2.05) is 13.0 Å². The molecular formula is C21H32N2O2. The van der Waals surface area contributed by atoms with Gasteiger partial charge in [0.15, 0.2) is 0 Å². The third-order valence-electron chi connectivity index (χ3n) is 6.08. The van der Waals surface area contributed by atoms with Crippen molar-refractivity contribution in [3.8, 4) is 5.75 Å². The molecular weight excluding hydrogens is 312 g/mol. The van der Waals surface area contributed by atoms with Gasteiger partial charge in [0.1, 0.15) is 5.75 Å². The molecule has 1 amide bonds. The van der Waals surface area contributed by atoms with Crippen LogP contribution in [0.3, 0.4) is 0 Å². The largest absolute Gasteiger partial charge is 0.495 e. The van der Waals surface area contributed by atoms with Crippen LogP contribution in [0.1, 0.15) is 75.1 Å². The van der Waals surface area contributed by atoms with Crippen molar-refractivity contribution in [2.75, 3.05) is 13.7 Å². The van der Waals surface area contributed by atoms with Gasteiger partial charge >= 0.3 is 0 Å². The number of aromatic nitrogens is 1. The van der Waals surface area contributed by atoms with Crippen LogP contribution >= 0.6 is 0 Å². The number of nitrogens with zero attached hydrogens (tertiary/aromatic N) is 1. The van der Waals surface area contributed by atoms with Gasteiger partial charge in [-0.1, -0.05) is 19.3 Å². The van der Waals surface area contributed by atoms with E-state index in [4.69, 9.17) is 9.72 Å². The number of ether oxygens (including phenoxy) is 1. The number of hydrogen-bond donors (Lipinski definition) is 1. The fourth-order valence-corrected chi connectivity index (χ4v) is 4.43. The summed E-state index contributed by atoms with van der Waals surface area (Å²) in [6.07, 6.45) is 10.6. The van der Waals surface area contributed by atoms with Crippen molar-refractivity contribution in [2.24, 2.45) is 11.8 Å². The molecule has 4 nitrogen and oxygen atoms in total. The highest BCUT2D eigenvalue weighted by Gasteiger charge is 2.26. The number of amides is 1. The van der Waals surface area contributed by atoms with Crippen LogP contribution in [-0.2, 0) is 4.79 Å². The predicted molar refractivity (Wildman–Crippen MR) is 99.8 cm³/mol. The van der Waals surface area contributed by atoms with Gasteiger partial charge in [0, 0.05) is 24.1 Å². The molecule has 0 aromatic carbocycles. The predicted octanol–water partition coefficient (Wildman–Crippen LogP) is 4.37. The minimum atomic E-state index is 0.275. The Morgan fingerprint density at radius 3 is 2.48 bits per heavy atom. The Labute approximate surface area is 151 Å². The second-order valence-corrected chi connectivity index (χ2v) is 7.82. The molecule has 0 unspecified atom stereocenters. The molecule has 1 aromatic heterocycles. The van der Waals surface area contributed by atoms with E-state index in [1.165, 1.54) is 50.6 Å². The van der Waals surface area contributed by atoms with Gasteiger partial charge in [-0.2, -0.15) is 0 Å². The highest BCUT2D eigenvalue weighted by Crippen LogP contribution is 2.35. The van der Waals surface area contributed by atoms with Gasteiger partial charge in [-0.25, -0.2) is 0 Å². The average Bonchev–Trinajstić information content (AvgIpc) is 2.67. The third-order valence-corrected chi connectivity index (χ3v) is 6.08. The van der Waals surface area contributed by atoms with Crippen molar-refractivity contribution in [1.29, 1.82) is 0 Å². The van der Waals surface area contributed by atoms with Gasteiger partial charge < -0.3 is 10.1 Å². The summed E-state index contributed by atoms with van der Waals surface area (Å²) >= 11 is 0. The molecule has 0 atom stereocenters. The summed E-state index contributed by atoms with van der Waals surface area (Å²) in [7, 11) is 1.69. The van der Waals surface area contributed by atoms with E-state index in [-0.39, 0.29) is 5.92 Å². The summed E-state index contributed by atoms with van der Waals surface area (Å²) in [4.78, 5) is 17.0. The van der Waals surface area contributed by atoms with Crippen molar-refractivity contribution in [3.63, 3.8) is 0 Å².